The molecule has 3 amide bonds. The summed E-state index contributed by atoms with van der Waals surface area (Å²) in [4.78, 5) is 42.5. The standard InChI is InChI=1S/C28H39N3O4S/c1-8-21(19-9-11-20(12-10-19)31-27(34)35-28(5,6)7)24-18(4)23(15-36-24)25(32)29-14-22-16(2)13-17(3)30-26(22)33/h8,13,15,19-20,22H,9-12,14H2,1-7H3,(H,29,32)(H,31,34)/b21-8+. The fourth-order valence-electron chi connectivity index (χ4n) is 4.95. The Morgan fingerprint density at radius 2 is 1.83 bits per heavy atom. The van der Waals surface area contributed by atoms with Gasteiger partial charge < -0.3 is 15.4 Å². The number of rotatable bonds is 6. The van der Waals surface area contributed by atoms with Crippen LogP contribution in [0.1, 0.15) is 88.0 Å². The number of thiophene rings is 1. The Morgan fingerprint density at radius 3 is 2.42 bits per heavy atom. The summed E-state index contributed by atoms with van der Waals surface area (Å²) in [5, 5.41) is 7.86. The molecule has 1 fully saturated rings. The van der Waals surface area contributed by atoms with Gasteiger partial charge in [0.2, 0.25) is 0 Å². The Bertz CT molecular complexity index is 1100. The molecule has 8 heteroatoms. The van der Waals surface area contributed by atoms with Gasteiger partial charge in [-0.25, -0.2) is 9.79 Å². The fourth-order valence-corrected chi connectivity index (χ4v) is 6.17. The lowest BCUT2D eigenvalue weighted by Gasteiger charge is -2.31. The molecule has 0 saturated heterocycles. The predicted octanol–water partition coefficient (Wildman–Crippen LogP) is 5.84. The van der Waals surface area contributed by atoms with Crippen LogP contribution in [0.15, 0.2) is 28.1 Å². The van der Waals surface area contributed by atoms with E-state index in [1.807, 2.05) is 53.0 Å². The van der Waals surface area contributed by atoms with Crippen LogP contribution in [0, 0.1) is 18.8 Å². The third kappa shape index (κ3) is 6.93. The van der Waals surface area contributed by atoms with E-state index < -0.39 is 11.5 Å². The lowest BCUT2D eigenvalue weighted by molar-refractivity contribution is -0.120. The third-order valence-electron chi connectivity index (χ3n) is 6.78. The molecule has 36 heavy (non-hydrogen) atoms. The van der Waals surface area contributed by atoms with Gasteiger partial charge in [-0.3, -0.25) is 9.59 Å². The van der Waals surface area contributed by atoms with Crippen molar-refractivity contribution in [3.8, 4) is 0 Å². The molecule has 1 unspecified atom stereocenters. The van der Waals surface area contributed by atoms with Gasteiger partial charge >= 0.3 is 6.09 Å². The summed E-state index contributed by atoms with van der Waals surface area (Å²) in [6.45, 7) is 13.6. The van der Waals surface area contributed by atoms with Crippen molar-refractivity contribution in [3.05, 3.63) is 39.1 Å². The molecule has 1 aliphatic carbocycles. The average Bonchev–Trinajstić information content (AvgIpc) is 3.14. The maximum absolute atomic E-state index is 13.0. The maximum Gasteiger partial charge on any atom is 0.407 e. The van der Waals surface area contributed by atoms with Crippen molar-refractivity contribution in [2.75, 3.05) is 6.54 Å². The second kappa shape index (κ2) is 11.5. The van der Waals surface area contributed by atoms with Gasteiger partial charge in [-0.15, -0.1) is 11.3 Å². The number of amides is 3. The Balaban J connectivity index is 1.59. The van der Waals surface area contributed by atoms with E-state index in [4.69, 9.17) is 4.74 Å². The molecule has 1 saturated carbocycles. The zero-order valence-corrected chi connectivity index (χ0v) is 23.3. The minimum Gasteiger partial charge on any atom is -0.444 e. The average molecular weight is 514 g/mol. The van der Waals surface area contributed by atoms with Crippen molar-refractivity contribution in [2.24, 2.45) is 16.8 Å². The fraction of sp³-hybridized carbons (Fsp3) is 0.571. The molecule has 0 radical (unpaired) electrons. The van der Waals surface area contributed by atoms with Crippen molar-refractivity contribution in [1.29, 1.82) is 0 Å². The molecule has 2 N–H and O–H groups in total. The zero-order valence-electron chi connectivity index (χ0n) is 22.5. The number of alkyl carbamates (subject to hydrolysis) is 1. The smallest absolute Gasteiger partial charge is 0.407 e. The molecule has 2 aliphatic rings. The summed E-state index contributed by atoms with van der Waals surface area (Å²) >= 11 is 1.59. The summed E-state index contributed by atoms with van der Waals surface area (Å²) in [5.74, 6) is -0.397. The van der Waals surface area contributed by atoms with Crippen LogP contribution in [0.3, 0.4) is 0 Å². The van der Waals surface area contributed by atoms with Gasteiger partial charge in [-0.2, -0.15) is 0 Å². The highest BCUT2D eigenvalue weighted by Gasteiger charge is 2.29. The number of aliphatic imine (C=N–C) groups is 1. The van der Waals surface area contributed by atoms with Crippen LogP contribution in [-0.2, 0) is 9.53 Å². The molecule has 1 aliphatic heterocycles. The second-order valence-corrected chi connectivity index (χ2v) is 11.7. The molecule has 0 bridgehead atoms. The molecule has 2 heterocycles. The molecule has 0 spiro atoms. The van der Waals surface area contributed by atoms with E-state index in [-0.39, 0.29) is 30.5 Å². The second-order valence-electron chi connectivity index (χ2n) is 10.8. The zero-order chi connectivity index (χ0) is 26.6. The topological polar surface area (TPSA) is 96.9 Å². The van der Waals surface area contributed by atoms with Crippen molar-refractivity contribution in [3.63, 3.8) is 0 Å². The first kappa shape index (κ1) is 27.8. The van der Waals surface area contributed by atoms with Gasteiger partial charge in [-0.1, -0.05) is 11.6 Å². The first-order valence-electron chi connectivity index (χ1n) is 12.7. The van der Waals surface area contributed by atoms with Crippen LogP contribution in [0.4, 0.5) is 4.79 Å². The van der Waals surface area contributed by atoms with E-state index in [9.17, 15) is 14.4 Å². The van der Waals surface area contributed by atoms with Gasteiger partial charge in [0.15, 0.2) is 0 Å². The summed E-state index contributed by atoms with van der Waals surface area (Å²) in [6, 6.07) is 0.119. The van der Waals surface area contributed by atoms with Gasteiger partial charge in [0.05, 0.1) is 11.5 Å². The molecular weight excluding hydrogens is 474 g/mol. The van der Waals surface area contributed by atoms with Gasteiger partial charge in [-0.05, 0) is 97.3 Å². The van der Waals surface area contributed by atoms with Crippen molar-refractivity contribution < 1.29 is 19.1 Å². The lowest BCUT2D eigenvalue weighted by Crippen LogP contribution is -2.41. The number of nitrogens with one attached hydrogen (secondary N) is 2. The number of nitrogens with zero attached hydrogens (tertiary/aromatic N) is 1. The van der Waals surface area contributed by atoms with Gasteiger partial charge in [0.25, 0.3) is 11.8 Å². The Kier molecular flexibility index (Phi) is 8.93. The number of hydrogen-bond donors (Lipinski definition) is 2. The highest BCUT2D eigenvalue weighted by Crippen LogP contribution is 2.40. The summed E-state index contributed by atoms with van der Waals surface area (Å²) in [6.07, 6.45) is 7.41. The Hall–Kier alpha value is -2.74. The van der Waals surface area contributed by atoms with E-state index in [0.717, 1.165) is 41.7 Å². The quantitative estimate of drug-likeness (QED) is 0.500. The minimum atomic E-state index is -0.505. The van der Waals surface area contributed by atoms with E-state index in [1.54, 1.807) is 18.3 Å². The van der Waals surface area contributed by atoms with Gasteiger partial charge in [0.1, 0.15) is 5.60 Å². The maximum atomic E-state index is 13.0. The number of hydrogen-bond acceptors (Lipinski definition) is 5. The van der Waals surface area contributed by atoms with E-state index in [0.29, 0.717) is 17.2 Å². The number of carbonyl (C=O) groups excluding carboxylic acids is 3. The highest BCUT2D eigenvalue weighted by atomic mass is 32.1. The first-order chi connectivity index (χ1) is 16.9. The number of allylic oxidation sites excluding steroid dienone is 3. The highest BCUT2D eigenvalue weighted by molar-refractivity contribution is 7.11. The first-order valence-corrected chi connectivity index (χ1v) is 13.6. The van der Waals surface area contributed by atoms with Crippen LogP contribution in [-0.4, -0.2) is 41.8 Å². The van der Waals surface area contributed by atoms with Crippen molar-refractivity contribution in [2.45, 2.75) is 85.8 Å². The minimum absolute atomic E-state index is 0.119. The SMILES string of the molecule is C/C=C(/c1scc(C(=O)NCC2C(=O)N=C(C)C=C2C)c1C)C1CCC(NC(=O)OC(C)(C)C)CC1. The molecule has 196 valence electrons. The Labute approximate surface area is 218 Å². The van der Waals surface area contributed by atoms with Crippen LogP contribution >= 0.6 is 11.3 Å². The van der Waals surface area contributed by atoms with Crippen LogP contribution in [0.25, 0.3) is 5.57 Å². The number of ether oxygens (including phenoxy) is 1. The molecule has 7 nitrogen and oxygen atoms in total. The van der Waals surface area contributed by atoms with Crippen molar-refractivity contribution >= 4 is 40.5 Å². The van der Waals surface area contributed by atoms with Gasteiger partial charge in [0, 0.05) is 28.6 Å². The summed E-state index contributed by atoms with van der Waals surface area (Å²) in [7, 11) is 0. The Morgan fingerprint density at radius 1 is 1.17 bits per heavy atom. The lowest BCUT2D eigenvalue weighted by atomic mass is 9.80. The monoisotopic (exact) mass is 513 g/mol. The third-order valence-corrected chi connectivity index (χ3v) is 7.91. The van der Waals surface area contributed by atoms with Crippen molar-refractivity contribution in [1.82, 2.24) is 10.6 Å². The molecular formula is C28H39N3O4S. The molecule has 3 rings (SSSR count). The molecule has 1 aromatic heterocycles. The number of dihydropyridines is 1. The molecule has 0 aromatic carbocycles. The largest absolute Gasteiger partial charge is 0.444 e. The van der Waals surface area contributed by atoms with Crippen LogP contribution in [0.2, 0.25) is 0 Å². The predicted molar refractivity (Wildman–Crippen MR) is 146 cm³/mol. The van der Waals surface area contributed by atoms with E-state index >= 15 is 0 Å². The summed E-state index contributed by atoms with van der Waals surface area (Å²) in [5.41, 5.74) is 4.00. The van der Waals surface area contributed by atoms with Crippen LogP contribution in [0.5, 0.6) is 0 Å². The van der Waals surface area contributed by atoms with Crippen LogP contribution < -0.4 is 10.6 Å². The van der Waals surface area contributed by atoms with E-state index in [2.05, 4.69) is 21.7 Å². The summed E-state index contributed by atoms with van der Waals surface area (Å²) < 4.78 is 5.40. The normalized spacial score (nSPS) is 23.0. The van der Waals surface area contributed by atoms with E-state index in [1.165, 1.54) is 5.57 Å². The molecule has 1 aromatic rings. The number of carbonyl (C=O) groups is 3. The molecule has 1 atom stereocenters.